The lowest BCUT2D eigenvalue weighted by molar-refractivity contribution is -0.386. The van der Waals surface area contributed by atoms with Crippen LogP contribution in [0, 0.1) is 17.0 Å². The molecule has 2 aromatic rings. The highest BCUT2D eigenvalue weighted by Gasteiger charge is 2.23. The fourth-order valence-corrected chi connectivity index (χ4v) is 1.51. The van der Waals surface area contributed by atoms with Gasteiger partial charge >= 0.3 is 11.6 Å². The minimum Gasteiger partial charge on any atom is -0.432 e. The molecule has 18 heavy (non-hydrogen) atoms. The molecule has 0 aliphatic carbocycles. The number of nitro groups is 1. The predicted molar refractivity (Wildman–Crippen MR) is 62.7 cm³/mol. The van der Waals surface area contributed by atoms with Gasteiger partial charge < -0.3 is 4.74 Å². The molecule has 0 unspecified atom stereocenters. The Morgan fingerprint density at radius 2 is 2.22 bits per heavy atom. The van der Waals surface area contributed by atoms with Gasteiger partial charge in [-0.15, -0.1) is 0 Å². The second-order valence-corrected chi connectivity index (χ2v) is 3.62. The fraction of sp³-hybridized carbons (Fsp3) is 0.100. The van der Waals surface area contributed by atoms with Gasteiger partial charge in [-0.3, -0.25) is 15.1 Å². The zero-order chi connectivity index (χ0) is 13.1. The Morgan fingerprint density at radius 3 is 2.83 bits per heavy atom. The summed E-state index contributed by atoms with van der Waals surface area (Å²) in [5, 5.41) is 10.8. The lowest BCUT2D eigenvalue weighted by Crippen LogP contribution is -2.01. The van der Waals surface area contributed by atoms with Crippen LogP contribution in [-0.4, -0.2) is 19.9 Å². The van der Waals surface area contributed by atoms with E-state index in [-0.39, 0.29) is 22.5 Å². The summed E-state index contributed by atoms with van der Waals surface area (Å²) in [6.45, 7) is 1.46. The predicted octanol–water partition coefficient (Wildman–Crippen LogP) is 2.53. The summed E-state index contributed by atoms with van der Waals surface area (Å²) >= 11 is 5.65. The van der Waals surface area contributed by atoms with Gasteiger partial charge in [0, 0.05) is 6.20 Å². The Balaban J connectivity index is 2.46. The molecule has 0 amide bonds. The normalized spacial score (nSPS) is 10.1. The van der Waals surface area contributed by atoms with Crippen LogP contribution in [0.1, 0.15) is 5.69 Å². The zero-order valence-corrected chi connectivity index (χ0v) is 9.96. The summed E-state index contributed by atoms with van der Waals surface area (Å²) in [4.78, 5) is 21.6. The van der Waals surface area contributed by atoms with Gasteiger partial charge in [0.2, 0.25) is 5.28 Å². The van der Waals surface area contributed by atoms with Gasteiger partial charge in [-0.1, -0.05) is 0 Å². The average molecular weight is 267 g/mol. The Labute approximate surface area is 107 Å². The highest BCUT2D eigenvalue weighted by Crippen LogP contribution is 2.31. The molecule has 0 bridgehead atoms. The van der Waals surface area contributed by atoms with Gasteiger partial charge in [0.05, 0.1) is 11.1 Å². The number of pyridine rings is 1. The van der Waals surface area contributed by atoms with Crippen LogP contribution in [0.5, 0.6) is 11.6 Å². The first-order chi connectivity index (χ1) is 8.58. The maximum absolute atomic E-state index is 10.9. The van der Waals surface area contributed by atoms with Gasteiger partial charge in [0.15, 0.2) is 0 Å². The molecule has 0 aliphatic heterocycles. The minimum atomic E-state index is -0.614. The van der Waals surface area contributed by atoms with E-state index in [9.17, 15) is 10.1 Å². The third kappa shape index (κ3) is 2.51. The van der Waals surface area contributed by atoms with Crippen molar-refractivity contribution in [1.82, 2.24) is 15.0 Å². The summed E-state index contributed by atoms with van der Waals surface area (Å²) in [5.74, 6) is 0.125. The molecule has 0 N–H and O–H groups in total. The molecule has 2 aromatic heterocycles. The topological polar surface area (TPSA) is 91.0 Å². The molecule has 0 spiro atoms. The average Bonchev–Trinajstić information content (AvgIpc) is 2.28. The number of aromatic nitrogens is 3. The molecular formula is C10H7ClN4O3. The van der Waals surface area contributed by atoms with Gasteiger partial charge in [0.1, 0.15) is 11.4 Å². The molecule has 0 fully saturated rings. The molecular weight excluding hydrogens is 260 g/mol. The summed E-state index contributed by atoms with van der Waals surface area (Å²) in [6, 6.07) is 3.24. The Hall–Kier alpha value is -2.28. The van der Waals surface area contributed by atoms with Gasteiger partial charge in [-0.05, 0) is 30.7 Å². The van der Waals surface area contributed by atoms with E-state index in [0.29, 0.717) is 5.75 Å². The fourth-order valence-electron chi connectivity index (χ4n) is 1.31. The summed E-state index contributed by atoms with van der Waals surface area (Å²) in [5.41, 5.74) is -0.179. The smallest absolute Gasteiger partial charge is 0.352 e. The van der Waals surface area contributed by atoms with E-state index in [0.717, 1.165) is 0 Å². The van der Waals surface area contributed by atoms with Crippen molar-refractivity contribution in [2.24, 2.45) is 0 Å². The van der Waals surface area contributed by atoms with Gasteiger partial charge in [0.25, 0.3) is 0 Å². The molecule has 0 radical (unpaired) electrons. The van der Waals surface area contributed by atoms with Crippen molar-refractivity contribution in [1.29, 1.82) is 0 Å². The van der Waals surface area contributed by atoms with Crippen molar-refractivity contribution in [3.63, 3.8) is 0 Å². The number of nitrogens with zero attached hydrogens (tertiary/aromatic N) is 4. The summed E-state index contributed by atoms with van der Waals surface area (Å²) < 4.78 is 5.29. The van der Waals surface area contributed by atoms with E-state index in [2.05, 4.69) is 15.0 Å². The molecule has 7 nitrogen and oxygen atoms in total. The maximum Gasteiger partial charge on any atom is 0.352 e. The SMILES string of the molecule is Cc1nc(Cl)nc(Oc2cccnc2)c1[N+](=O)[O-]. The van der Waals surface area contributed by atoms with E-state index < -0.39 is 4.92 Å². The Bertz CT molecular complexity index is 591. The maximum atomic E-state index is 10.9. The van der Waals surface area contributed by atoms with Crippen LogP contribution in [-0.2, 0) is 0 Å². The number of ether oxygens (including phenoxy) is 1. The van der Waals surface area contributed by atoms with E-state index >= 15 is 0 Å². The third-order valence-corrected chi connectivity index (χ3v) is 2.20. The number of rotatable bonds is 3. The van der Waals surface area contributed by atoms with E-state index in [1.54, 1.807) is 18.3 Å². The first-order valence-corrected chi connectivity index (χ1v) is 5.22. The molecule has 0 saturated carbocycles. The Morgan fingerprint density at radius 1 is 1.44 bits per heavy atom. The van der Waals surface area contributed by atoms with Crippen LogP contribution in [0.25, 0.3) is 0 Å². The van der Waals surface area contributed by atoms with Crippen molar-refractivity contribution in [2.75, 3.05) is 0 Å². The van der Waals surface area contributed by atoms with Crippen molar-refractivity contribution in [2.45, 2.75) is 6.92 Å². The quantitative estimate of drug-likeness (QED) is 0.482. The molecule has 0 aromatic carbocycles. The molecule has 2 rings (SSSR count). The van der Waals surface area contributed by atoms with Gasteiger partial charge in [-0.2, -0.15) is 4.98 Å². The number of hydrogen-bond acceptors (Lipinski definition) is 6. The van der Waals surface area contributed by atoms with Crippen molar-refractivity contribution < 1.29 is 9.66 Å². The van der Waals surface area contributed by atoms with Crippen molar-refractivity contribution in [3.05, 3.63) is 45.6 Å². The zero-order valence-electron chi connectivity index (χ0n) is 9.20. The monoisotopic (exact) mass is 266 g/mol. The van der Waals surface area contributed by atoms with E-state index in [1.807, 2.05) is 0 Å². The van der Waals surface area contributed by atoms with Crippen LogP contribution in [0.4, 0.5) is 5.69 Å². The van der Waals surface area contributed by atoms with E-state index in [1.165, 1.54) is 13.1 Å². The van der Waals surface area contributed by atoms with Crippen LogP contribution in [0.15, 0.2) is 24.5 Å². The molecule has 0 atom stereocenters. The second kappa shape index (κ2) is 4.92. The Kier molecular flexibility index (Phi) is 3.33. The van der Waals surface area contributed by atoms with Crippen molar-refractivity contribution >= 4 is 17.3 Å². The largest absolute Gasteiger partial charge is 0.432 e. The number of halogens is 1. The van der Waals surface area contributed by atoms with Gasteiger partial charge in [-0.25, -0.2) is 4.98 Å². The number of hydrogen-bond donors (Lipinski definition) is 0. The lowest BCUT2D eigenvalue weighted by Gasteiger charge is -2.06. The molecule has 8 heteroatoms. The molecule has 2 heterocycles. The standard InChI is InChI=1S/C10H7ClN4O3/c1-6-8(15(16)17)9(14-10(11)13-6)18-7-3-2-4-12-5-7/h2-5H,1H3. The molecule has 92 valence electrons. The van der Waals surface area contributed by atoms with Crippen LogP contribution >= 0.6 is 11.6 Å². The molecule has 0 saturated heterocycles. The van der Waals surface area contributed by atoms with Crippen LogP contribution in [0.2, 0.25) is 5.28 Å². The van der Waals surface area contributed by atoms with Crippen LogP contribution in [0.3, 0.4) is 0 Å². The van der Waals surface area contributed by atoms with Crippen LogP contribution < -0.4 is 4.74 Å². The second-order valence-electron chi connectivity index (χ2n) is 3.28. The molecule has 0 aliphatic rings. The van der Waals surface area contributed by atoms with Crippen molar-refractivity contribution in [3.8, 4) is 11.6 Å². The third-order valence-electron chi connectivity index (χ3n) is 2.03. The first-order valence-electron chi connectivity index (χ1n) is 4.84. The minimum absolute atomic E-state index is 0.114. The van der Waals surface area contributed by atoms with E-state index in [4.69, 9.17) is 16.3 Å². The highest BCUT2D eigenvalue weighted by molar-refractivity contribution is 6.28. The summed E-state index contributed by atoms with van der Waals surface area (Å²) in [7, 11) is 0. The first kappa shape index (κ1) is 12.2. The highest BCUT2D eigenvalue weighted by atomic mass is 35.5. The lowest BCUT2D eigenvalue weighted by atomic mass is 10.3. The number of aryl methyl sites for hydroxylation is 1. The summed E-state index contributed by atoms with van der Waals surface area (Å²) in [6.07, 6.45) is 2.97.